The van der Waals surface area contributed by atoms with Gasteiger partial charge in [-0.15, -0.1) is 0 Å². The summed E-state index contributed by atoms with van der Waals surface area (Å²) < 4.78 is 21.5. The largest absolute Gasteiger partial charge is 0.493 e. The Balaban J connectivity index is 1.90. The topological polar surface area (TPSA) is 71.1 Å². The van der Waals surface area contributed by atoms with Gasteiger partial charge in [0.05, 0.1) is 18.2 Å². The first-order valence-corrected chi connectivity index (χ1v) is 8.89. The van der Waals surface area contributed by atoms with Gasteiger partial charge < -0.3 is 18.9 Å². The number of hydrogen-bond acceptors (Lipinski definition) is 6. The molecule has 2 fully saturated rings. The second-order valence-electron chi connectivity index (χ2n) is 6.79. The number of hydrogen-bond donors (Lipinski definition) is 0. The van der Waals surface area contributed by atoms with Crippen LogP contribution >= 0.6 is 11.6 Å². The molecule has 6 nitrogen and oxygen atoms in total. The molecule has 0 bridgehead atoms. The van der Waals surface area contributed by atoms with Crippen LogP contribution < -0.4 is 9.47 Å². The summed E-state index contributed by atoms with van der Waals surface area (Å²) in [6.07, 6.45) is 5.77. The zero-order chi connectivity index (χ0) is 18.9. The van der Waals surface area contributed by atoms with Crippen molar-refractivity contribution in [3.8, 4) is 11.5 Å². The Bertz CT molecular complexity index is 740. The quantitative estimate of drug-likeness (QED) is 0.448. The van der Waals surface area contributed by atoms with Crippen LogP contribution in [0.3, 0.4) is 0 Å². The Kier molecular flexibility index (Phi) is 5.14. The fourth-order valence-electron chi connectivity index (χ4n) is 3.03. The smallest absolute Gasteiger partial charge is 0.348 e. The van der Waals surface area contributed by atoms with Gasteiger partial charge in [-0.05, 0) is 43.4 Å². The minimum atomic E-state index is -1.29. The molecule has 0 atom stereocenters. The third-order valence-corrected chi connectivity index (χ3v) is 4.62. The van der Waals surface area contributed by atoms with Crippen LogP contribution in [-0.4, -0.2) is 30.9 Å². The van der Waals surface area contributed by atoms with Crippen molar-refractivity contribution < 1.29 is 28.5 Å². The number of esters is 2. The standard InChI is InChI=1S/C19H21ClO6/c1-19(2)25-17(21)13(18(22)26-19)8-11-9-15(23-3)16(10-14(11)20)24-12-6-4-5-7-12/h8-10,12H,4-7H2,1-3H3. The van der Waals surface area contributed by atoms with E-state index in [9.17, 15) is 9.59 Å². The molecule has 3 rings (SSSR count). The zero-order valence-corrected chi connectivity index (χ0v) is 15.7. The molecule has 0 spiro atoms. The van der Waals surface area contributed by atoms with Gasteiger partial charge in [0.2, 0.25) is 0 Å². The summed E-state index contributed by atoms with van der Waals surface area (Å²) in [5, 5.41) is 0.330. The number of rotatable bonds is 4. The molecule has 0 N–H and O–H groups in total. The highest BCUT2D eigenvalue weighted by Gasteiger charge is 2.39. The molecule has 140 valence electrons. The van der Waals surface area contributed by atoms with Crippen molar-refractivity contribution in [3.63, 3.8) is 0 Å². The second kappa shape index (κ2) is 7.19. The first-order chi connectivity index (χ1) is 12.3. The molecule has 1 aromatic rings. The van der Waals surface area contributed by atoms with Crippen molar-refractivity contribution in [2.45, 2.75) is 51.4 Å². The van der Waals surface area contributed by atoms with Crippen molar-refractivity contribution in [1.29, 1.82) is 0 Å². The van der Waals surface area contributed by atoms with Crippen LogP contribution in [0, 0.1) is 0 Å². The van der Waals surface area contributed by atoms with Crippen LogP contribution in [-0.2, 0) is 19.1 Å². The SMILES string of the molecule is COc1cc(C=C2C(=O)OC(C)(C)OC2=O)c(Cl)cc1OC1CCCC1. The molecule has 0 radical (unpaired) electrons. The van der Waals surface area contributed by atoms with Crippen LogP contribution in [0.5, 0.6) is 11.5 Å². The van der Waals surface area contributed by atoms with E-state index in [0.717, 1.165) is 25.7 Å². The predicted octanol–water partition coefficient (Wildman–Crippen LogP) is 3.89. The van der Waals surface area contributed by atoms with Crippen LogP contribution in [0.4, 0.5) is 0 Å². The van der Waals surface area contributed by atoms with E-state index in [2.05, 4.69) is 0 Å². The zero-order valence-electron chi connectivity index (χ0n) is 15.0. The lowest BCUT2D eigenvalue weighted by Crippen LogP contribution is -2.41. The lowest BCUT2D eigenvalue weighted by molar-refractivity contribution is -0.222. The van der Waals surface area contributed by atoms with Gasteiger partial charge in [0, 0.05) is 19.9 Å². The molecule has 1 aliphatic heterocycles. The van der Waals surface area contributed by atoms with Gasteiger partial charge in [-0.3, -0.25) is 0 Å². The number of carbonyl (C=O) groups excluding carboxylic acids is 2. The van der Waals surface area contributed by atoms with E-state index in [1.807, 2.05) is 0 Å². The number of ether oxygens (including phenoxy) is 4. The van der Waals surface area contributed by atoms with Crippen molar-refractivity contribution in [3.05, 3.63) is 28.3 Å². The first-order valence-electron chi connectivity index (χ1n) is 8.51. The van der Waals surface area contributed by atoms with Crippen LogP contribution in [0.2, 0.25) is 5.02 Å². The molecule has 1 saturated heterocycles. The van der Waals surface area contributed by atoms with E-state index in [4.69, 9.17) is 30.5 Å². The van der Waals surface area contributed by atoms with Crippen molar-refractivity contribution in [2.75, 3.05) is 7.11 Å². The highest BCUT2D eigenvalue weighted by molar-refractivity contribution is 6.32. The van der Waals surface area contributed by atoms with Gasteiger partial charge in [-0.2, -0.15) is 0 Å². The normalized spacial score (nSPS) is 19.8. The highest BCUT2D eigenvalue weighted by Crippen LogP contribution is 2.37. The van der Waals surface area contributed by atoms with Crippen molar-refractivity contribution in [1.82, 2.24) is 0 Å². The Morgan fingerprint density at radius 3 is 2.31 bits per heavy atom. The second-order valence-corrected chi connectivity index (χ2v) is 7.19. The third kappa shape index (κ3) is 3.96. The fourth-order valence-corrected chi connectivity index (χ4v) is 3.24. The minimum Gasteiger partial charge on any atom is -0.493 e. The molecule has 0 aromatic heterocycles. The van der Waals surface area contributed by atoms with Gasteiger partial charge in [-0.1, -0.05) is 11.6 Å². The van der Waals surface area contributed by atoms with Gasteiger partial charge >= 0.3 is 11.9 Å². The van der Waals surface area contributed by atoms with Crippen molar-refractivity contribution >= 4 is 29.6 Å². The molecule has 0 amide bonds. The van der Waals surface area contributed by atoms with E-state index in [-0.39, 0.29) is 11.7 Å². The van der Waals surface area contributed by atoms with Crippen molar-refractivity contribution in [2.24, 2.45) is 0 Å². The number of carbonyl (C=O) groups is 2. The molecular weight excluding hydrogens is 360 g/mol. The summed E-state index contributed by atoms with van der Waals surface area (Å²) in [6.45, 7) is 2.98. The van der Waals surface area contributed by atoms with Crippen LogP contribution in [0.25, 0.3) is 6.08 Å². The lowest BCUT2D eigenvalue weighted by Gasteiger charge is -2.29. The van der Waals surface area contributed by atoms with E-state index in [1.165, 1.54) is 27.0 Å². The van der Waals surface area contributed by atoms with E-state index < -0.39 is 17.7 Å². The Morgan fingerprint density at radius 2 is 1.73 bits per heavy atom. The average Bonchev–Trinajstić information content (AvgIpc) is 3.04. The number of benzene rings is 1. The summed E-state index contributed by atoms with van der Waals surface area (Å²) >= 11 is 6.33. The fraction of sp³-hybridized carbons (Fsp3) is 0.474. The molecular formula is C19H21ClO6. The summed E-state index contributed by atoms with van der Waals surface area (Å²) in [7, 11) is 1.52. The van der Waals surface area contributed by atoms with E-state index in [0.29, 0.717) is 22.1 Å². The average molecular weight is 381 g/mol. The minimum absolute atomic E-state index is 0.148. The summed E-state index contributed by atoms with van der Waals surface area (Å²) in [4.78, 5) is 24.2. The molecule has 7 heteroatoms. The van der Waals surface area contributed by atoms with Gasteiger partial charge in [-0.25, -0.2) is 9.59 Å². The monoisotopic (exact) mass is 380 g/mol. The maximum Gasteiger partial charge on any atom is 0.348 e. The van der Waals surface area contributed by atoms with Gasteiger partial charge in [0.1, 0.15) is 5.57 Å². The summed E-state index contributed by atoms with van der Waals surface area (Å²) in [5.74, 6) is -1.78. The highest BCUT2D eigenvalue weighted by atomic mass is 35.5. The summed E-state index contributed by atoms with van der Waals surface area (Å²) in [6, 6.07) is 3.26. The summed E-state index contributed by atoms with van der Waals surface area (Å²) in [5.41, 5.74) is 0.212. The molecule has 26 heavy (non-hydrogen) atoms. The molecule has 2 aliphatic rings. The maximum atomic E-state index is 12.1. The molecule has 1 heterocycles. The Morgan fingerprint density at radius 1 is 1.12 bits per heavy atom. The molecule has 1 aromatic carbocycles. The first kappa shape index (κ1) is 18.6. The number of methoxy groups -OCH3 is 1. The molecule has 1 saturated carbocycles. The maximum absolute atomic E-state index is 12.1. The van der Waals surface area contributed by atoms with Gasteiger partial charge in [0.15, 0.2) is 11.5 Å². The van der Waals surface area contributed by atoms with E-state index >= 15 is 0 Å². The number of halogens is 1. The Labute approximate surface area is 157 Å². The third-order valence-electron chi connectivity index (χ3n) is 4.30. The molecule has 1 aliphatic carbocycles. The lowest BCUT2D eigenvalue weighted by atomic mass is 10.1. The number of cyclic esters (lactones) is 2. The van der Waals surface area contributed by atoms with Crippen LogP contribution in [0.1, 0.15) is 45.1 Å². The Hall–Kier alpha value is -2.21. The molecule has 0 unspecified atom stereocenters. The predicted molar refractivity (Wildman–Crippen MR) is 95.1 cm³/mol. The van der Waals surface area contributed by atoms with Crippen LogP contribution in [0.15, 0.2) is 17.7 Å². The van der Waals surface area contributed by atoms with Gasteiger partial charge in [0.25, 0.3) is 5.79 Å². The van der Waals surface area contributed by atoms with E-state index in [1.54, 1.807) is 12.1 Å².